The maximum absolute atomic E-state index is 5.73. The van der Waals surface area contributed by atoms with E-state index in [9.17, 15) is 0 Å². The summed E-state index contributed by atoms with van der Waals surface area (Å²) in [4.78, 5) is 5.89. The van der Waals surface area contributed by atoms with Crippen LogP contribution in [0.5, 0.6) is 0 Å². The third kappa shape index (κ3) is 1.60. The molecule has 0 amide bonds. The zero-order valence-electron chi connectivity index (χ0n) is 8.27. The van der Waals surface area contributed by atoms with E-state index in [-0.39, 0.29) is 0 Å². The number of thiazole rings is 1. The highest BCUT2D eigenvalue weighted by atomic mass is 32.1. The van der Waals surface area contributed by atoms with Crippen LogP contribution in [0.2, 0.25) is 0 Å². The zero-order valence-corrected chi connectivity index (χ0v) is 9.09. The molecular weight excluding hydrogens is 208 g/mol. The van der Waals surface area contributed by atoms with Crippen LogP contribution in [0.3, 0.4) is 0 Å². The highest BCUT2D eigenvalue weighted by Crippen LogP contribution is 2.44. The fourth-order valence-electron chi connectivity index (χ4n) is 1.70. The van der Waals surface area contributed by atoms with Gasteiger partial charge in [0.2, 0.25) is 0 Å². The van der Waals surface area contributed by atoms with Gasteiger partial charge in [0.15, 0.2) is 0 Å². The van der Waals surface area contributed by atoms with Crippen LogP contribution in [0.4, 0.5) is 0 Å². The molecule has 0 aliphatic heterocycles. The van der Waals surface area contributed by atoms with E-state index in [0.717, 1.165) is 10.6 Å². The molecule has 1 aliphatic carbocycles. The monoisotopic (exact) mass is 220 g/mol. The molecule has 2 aromatic heterocycles. The Labute approximate surface area is 91.9 Å². The first kappa shape index (κ1) is 9.12. The molecule has 2 aromatic rings. The summed E-state index contributed by atoms with van der Waals surface area (Å²) in [6.45, 7) is 0.599. The summed E-state index contributed by atoms with van der Waals surface area (Å²) in [7, 11) is 0. The molecule has 2 heterocycles. The second kappa shape index (κ2) is 3.47. The van der Waals surface area contributed by atoms with Crippen molar-refractivity contribution in [2.24, 2.45) is 5.73 Å². The van der Waals surface area contributed by atoms with Gasteiger partial charge >= 0.3 is 0 Å². The maximum atomic E-state index is 5.73. The summed E-state index contributed by atoms with van der Waals surface area (Å²) < 4.78 is 5.06. The van der Waals surface area contributed by atoms with Gasteiger partial charge in [-0.2, -0.15) is 0 Å². The van der Waals surface area contributed by atoms with Gasteiger partial charge in [0.1, 0.15) is 11.3 Å². The molecule has 0 atom stereocenters. The molecule has 0 aromatic carbocycles. The van der Waals surface area contributed by atoms with Crippen molar-refractivity contribution >= 4 is 11.3 Å². The summed E-state index contributed by atoms with van der Waals surface area (Å²) >= 11 is 1.69. The molecule has 1 aliphatic rings. The average molecular weight is 220 g/mol. The molecule has 3 nitrogen and oxygen atoms in total. The highest BCUT2D eigenvalue weighted by Gasteiger charge is 2.29. The molecule has 78 valence electrons. The van der Waals surface area contributed by atoms with Crippen LogP contribution in [0.15, 0.2) is 23.0 Å². The fraction of sp³-hybridized carbons (Fsp3) is 0.364. The molecule has 0 bridgehead atoms. The standard InChI is InChI=1S/C11H12N2OS/c12-5-9-10(7-1-2-7)13-11(15-9)8-3-4-14-6-8/h3-4,6-7H,1-2,5,12H2. The Morgan fingerprint density at radius 2 is 2.40 bits per heavy atom. The number of hydrogen-bond donors (Lipinski definition) is 1. The van der Waals surface area contributed by atoms with Crippen LogP contribution in [0.25, 0.3) is 10.6 Å². The quantitative estimate of drug-likeness (QED) is 0.865. The van der Waals surface area contributed by atoms with Crippen molar-refractivity contribution in [3.8, 4) is 10.6 Å². The van der Waals surface area contributed by atoms with Crippen LogP contribution in [-0.4, -0.2) is 4.98 Å². The van der Waals surface area contributed by atoms with Crippen LogP contribution < -0.4 is 5.73 Å². The number of nitrogens with two attached hydrogens (primary N) is 1. The first-order chi connectivity index (χ1) is 7.38. The lowest BCUT2D eigenvalue weighted by atomic mass is 10.2. The van der Waals surface area contributed by atoms with E-state index in [1.54, 1.807) is 23.9 Å². The van der Waals surface area contributed by atoms with Crippen molar-refractivity contribution in [2.75, 3.05) is 0 Å². The Morgan fingerprint density at radius 3 is 3.00 bits per heavy atom. The molecule has 0 unspecified atom stereocenters. The average Bonchev–Trinajstić information content (AvgIpc) is 2.83. The third-order valence-corrected chi connectivity index (χ3v) is 3.79. The summed E-state index contributed by atoms with van der Waals surface area (Å²) in [5.41, 5.74) is 8.01. The maximum Gasteiger partial charge on any atom is 0.127 e. The van der Waals surface area contributed by atoms with E-state index >= 15 is 0 Å². The number of hydrogen-bond acceptors (Lipinski definition) is 4. The molecule has 0 saturated heterocycles. The summed E-state index contributed by atoms with van der Waals surface area (Å²) in [5, 5.41) is 1.03. The van der Waals surface area contributed by atoms with E-state index in [2.05, 4.69) is 4.98 Å². The minimum Gasteiger partial charge on any atom is -0.472 e. The molecule has 1 saturated carbocycles. The Morgan fingerprint density at radius 1 is 1.53 bits per heavy atom. The van der Waals surface area contributed by atoms with Gasteiger partial charge in [-0.05, 0) is 18.9 Å². The Balaban J connectivity index is 2.03. The lowest BCUT2D eigenvalue weighted by Crippen LogP contribution is -1.96. The Hall–Kier alpha value is -1.13. The van der Waals surface area contributed by atoms with Crippen molar-refractivity contribution in [3.05, 3.63) is 29.2 Å². The van der Waals surface area contributed by atoms with Gasteiger partial charge < -0.3 is 10.2 Å². The van der Waals surface area contributed by atoms with Crippen LogP contribution in [0, 0.1) is 0 Å². The number of furan rings is 1. The molecular formula is C11H12N2OS. The first-order valence-electron chi connectivity index (χ1n) is 5.10. The summed E-state index contributed by atoms with van der Waals surface area (Å²) in [6, 6.07) is 1.94. The molecule has 3 rings (SSSR count). The van der Waals surface area contributed by atoms with E-state index in [0.29, 0.717) is 12.5 Å². The van der Waals surface area contributed by atoms with Crippen molar-refractivity contribution in [3.63, 3.8) is 0 Å². The number of aromatic nitrogens is 1. The normalized spacial score (nSPS) is 15.8. The van der Waals surface area contributed by atoms with Crippen molar-refractivity contribution < 1.29 is 4.42 Å². The van der Waals surface area contributed by atoms with Gasteiger partial charge in [0.05, 0.1) is 12.0 Å². The topological polar surface area (TPSA) is 52.0 Å². The molecule has 1 fully saturated rings. The lowest BCUT2D eigenvalue weighted by Gasteiger charge is -1.93. The van der Waals surface area contributed by atoms with Gasteiger partial charge in [0.25, 0.3) is 0 Å². The van der Waals surface area contributed by atoms with Gasteiger partial charge in [-0.15, -0.1) is 11.3 Å². The molecule has 0 spiro atoms. The second-order valence-corrected chi connectivity index (χ2v) is 4.90. The minimum atomic E-state index is 0.599. The molecule has 2 N–H and O–H groups in total. The molecule has 4 heteroatoms. The predicted molar refractivity (Wildman–Crippen MR) is 59.7 cm³/mol. The largest absolute Gasteiger partial charge is 0.472 e. The smallest absolute Gasteiger partial charge is 0.127 e. The Kier molecular flexibility index (Phi) is 2.11. The van der Waals surface area contributed by atoms with E-state index < -0.39 is 0 Å². The van der Waals surface area contributed by atoms with Gasteiger partial charge in [0, 0.05) is 22.9 Å². The number of rotatable bonds is 3. The van der Waals surface area contributed by atoms with Gasteiger partial charge in [-0.25, -0.2) is 4.98 Å². The predicted octanol–water partition coefficient (Wildman–Crippen LogP) is 2.74. The van der Waals surface area contributed by atoms with Crippen LogP contribution in [-0.2, 0) is 6.54 Å². The summed E-state index contributed by atoms with van der Waals surface area (Å²) in [6.07, 6.45) is 5.94. The number of nitrogens with zero attached hydrogens (tertiary/aromatic N) is 1. The molecule has 0 radical (unpaired) electrons. The zero-order chi connectivity index (χ0) is 10.3. The van der Waals surface area contributed by atoms with E-state index in [1.807, 2.05) is 6.07 Å². The molecule has 15 heavy (non-hydrogen) atoms. The SMILES string of the molecule is NCc1sc(-c2ccoc2)nc1C1CC1. The van der Waals surface area contributed by atoms with Crippen molar-refractivity contribution in [1.29, 1.82) is 0 Å². The van der Waals surface area contributed by atoms with Crippen molar-refractivity contribution in [2.45, 2.75) is 25.3 Å². The van der Waals surface area contributed by atoms with Crippen LogP contribution >= 0.6 is 11.3 Å². The third-order valence-electron chi connectivity index (χ3n) is 2.65. The van der Waals surface area contributed by atoms with Crippen LogP contribution in [0.1, 0.15) is 29.3 Å². The summed E-state index contributed by atoms with van der Waals surface area (Å²) in [5.74, 6) is 0.667. The minimum absolute atomic E-state index is 0.599. The van der Waals surface area contributed by atoms with E-state index in [4.69, 9.17) is 10.2 Å². The highest BCUT2D eigenvalue weighted by molar-refractivity contribution is 7.15. The Bertz CT molecular complexity index is 457. The van der Waals surface area contributed by atoms with Gasteiger partial charge in [-0.3, -0.25) is 0 Å². The van der Waals surface area contributed by atoms with Gasteiger partial charge in [-0.1, -0.05) is 0 Å². The van der Waals surface area contributed by atoms with Crippen molar-refractivity contribution in [1.82, 2.24) is 4.98 Å². The van der Waals surface area contributed by atoms with E-state index in [1.165, 1.54) is 23.4 Å². The fourth-order valence-corrected chi connectivity index (χ4v) is 2.71. The first-order valence-corrected chi connectivity index (χ1v) is 5.92. The lowest BCUT2D eigenvalue weighted by molar-refractivity contribution is 0.568. The second-order valence-electron chi connectivity index (χ2n) is 3.82.